The number of hydrogen-bond acceptors (Lipinski definition) is 7. The molecule has 0 fully saturated rings. The summed E-state index contributed by atoms with van der Waals surface area (Å²) in [6.07, 6.45) is 2.53. The maximum absolute atomic E-state index is 13.4. The molecule has 0 saturated carbocycles. The summed E-state index contributed by atoms with van der Waals surface area (Å²) in [4.78, 5) is 42.3. The minimum Gasteiger partial charge on any atom is -0.466 e. The van der Waals surface area contributed by atoms with E-state index in [2.05, 4.69) is 4.99 Å². The van der Waals surface area contributed by atoms with Crippen molar-refractivity contribution in [1.82, 2.24) is 4.57 Å². The molecule has 36 heavy (non-hydrogen) atoms. The minimum absolute atomic E-state index is 0.0762. The normalized spacial score (nSPS) is 11.9. The number of nitriles is 2. The molecule has 1 heterocycles. The van der Waals surface area contributed by atoms with Crippen molar-refractivity contribution in [3.63, 3.8) is 0 Å². The third-order valence-electron chi connectivity index (χ3n) is 4.73. The van der Waals surface area contributed by atoms with Crippen molar-refractivity contribution in [2.75, 3.05) is 6.61 Å². The molecule has 3 rings (SSSR count). The third-order valence-corrected chi connectivity index (χ3v) is 5.61. The first-order chi connectivity index (χ1) is 17.5. The van der Waals surface area contributed by atoms with E-state index in [1.54, 1.807) is 67.6 Å². The van der Waals surface area contributed by atoms with Crippen molar-refractivity contribution in [1.29, 1.82) is 10.5 Å². The molecule has 8 nitrogen and oxygen atoms in total. The molecule has 0 aliphatic heterocycles. The average molecular weight is 497 g/mol. The maximum atomic E-state index is 13.4. The molecule has 0 N–H and O–H groups in total. The lowest BCUT2D eigenvalue weighted by Gasteiger charge is -2.07. The zero-order valence-corrected chi connectivity index (χ0v) is 20.1. The minimum atomic E-state index is -0.863. The largest absolute Gasteiger partial charge is 0.466 e. The molecule has 0 bridgehead atoms. The van der Waals surface area contributed by atoms with Gasteiger partial charge in [-0.05, 0) is 30.2 Å². The summed E-state index contributed by atoms with van der Waals surface area (Å²) >= 11 is 0.935. The predicted octanol–water partition coefficient (Wildman–Crippen LogP) is 3.94. The van der Waals surface area contributed by atoms with Crippen LogP contribution in [0.2, 0.25) is 0 Å². The average Bonchev–Trinajstić information content (AvgIpc) is 3.28. The van der Waals surface area contributed by atoms with E-state index in [1.165, 1.54) is 17.5 Å². The van der Waals surface area contributed by atoms with Crippen molar-refractivity contribution in [3.8, 4) is 12.1 Å². The van der Waals surface area contributed by atoms with Crippen molar-refractivity contribution in [3.05, 3.63) is 98.8 Å². The van der Waals surface area contributed by atoms with Gasteiger partial charge in [0, 0.05) is 11.1 Å². The van der Waals surface area contributed by atoms with E-state index in [-0.39, 0.29) is 34.7 Å². The molecule has 178 valence electrons. The Balaban J connectivity index is 2.10. The van der Waals surface area contributed by atoms with E-state index in [4.69, 9.17) is 4.74 Å². The molecule has 3 aromatic rings. The quantitative estimate of drug-likeness (QED) is 0.277. The van der Waals surface area contributed by atoms with Crippen LogP contribution < -0.4 is 4.80 Å². The fraction of sp³-hybridized carbons (Fsp3) is 0.111. The highest BCUT2D eigenvalue weighted by Crippen LogP contribution is 2.13. The second kappa shape index (κ2) is 12.6. The summed E-state index contributed by atoms with van der Waals surface area (Å²) in [5, 5.41) is 20.7. The summed E-state index contributed by atoms with van der Waals surface area (Å²) < 4.78 is 6.02. The molecule has 2 aromatic carbocycles. The molecular weight excluding hydrogens is 476 g/mol. The van der Waals surface area contributed by atoms with Gasteiger partial charge in [0.2, 0.25) is 0 Å². The van der Waals surface area contributed by atoms with Gasteiger partial charge >= 0.3 is 5.97 Å². The number of carbonyl (C=O) groups excluding carboxylic acids is 3. The number of benzene rings is 2. The van der Waals surface area contributed by atoms with Crippen molar-refractivity contribution < 1.29 is 19.1 Å². The van der Waals surface area contributed by atoms with Gasteiger partial charge in [-0.25, -0.2) is 0 Å². The fourth-order valence-electron chi connectivity index (χ4n) is 3.11. The van der Waals surface area contributed by atoms with Gasteiger partial charge in [-0.2, -0.15) is 15.5 Å². The molecule has 0 unspecified atom stereocenters. The summed E-state index contributed by atoms with van der Waals surface area (Å²) in [7, 11) is 0. The van der Waals surface area contributed by atoms with E-state index < -0.39 is 17.8 Å². The van der Waals surface area contributed by atoms with E-state index in [0.29, 0.717) is 11.1 Å². The number of esters is 1. The molecule has 0 saturated heterocycles. The van der Waals surface area contributed by atoms with Crippen LogP contribution in [-0.2, 0) is 20.7 Å². The summed E-state index contributed by atoms with van der Waals surface area (Å²) in [6.45, 7) is 1.81. The Labute approximate surface area is 211 Å². The van der Waals surface area contributed by atoms with Gasteiger partial charge in [-0.3, -0.25) is 19.0 Å². The Hall–Kier alpha value is -4.86. The number of aromatic nitrogens is 1. The Morgan fingerprint density at radius 3 is 2.03 bits per heavy atom. The molecule has 1 aromatic heterocycles. The smallest absolute Gasteiger partial charge is 0.311 e. The Morgan fingerprint density at radius 2 is 1.50 bits per heavy atom. The van der Waals surface area contributed by atoms with Crippen LogP contribution in [0.5, 0.6) is 0 Å². The molecular formula is C27H20N4O4S. The molecule has 0 aliphatic rings. The van der Waals surface area contributed by atoms with Crippen LogP contribution in [0, 0.1) is 22.7 Å². The zero-order chi connectivity index (χ0) is 25.9. The van der Waals surface area contributed by atoms with Gasteiger partial charge < -0.3 is 4.74 Å². The third kappa shape index (κ3) is 6.60. The van der Waals surface area contributed by atoms with Gasteiger partial charge in [-0.1, -0.05) is 60.7 Å². The molecule has 1 amide bonds. The number of rotatable bonds is 7. The number of carbonyl (C=O) groups is 3. The van der Waals surface area contributed by atoms with Crippen LogP contribution in [0.3, 0.4) is 0 Å². The maximum Gasteiger partial charge on any atom is 0.311 e. The SMILES string of the molecule is CCOC(=O)Cc1csc(=NC(=O)/C(C#N)=C\c2ccccc2)n1C(=O)/C(C#N)=C/c1ccccc1. The van der Waals surface area contributed by atoms with Crippen LogP contribution in [0.25, 0.3) is 12.2 Å². The number of nitrogens with zero attached hydrogens (tertiary/aromatic N) is 4. The lowest BCUT2D eigenvalue weighted by atomic mass is 10.1. The zero-order valence-electron chi connectivity index (χ0n) is 19.2. The number of amides is 1. The van der Waals surface area contributed by atoms with E-state index in [0.717, 1.165) is 15.9 Å². The molecule has 0 atom stereocenters. The lowest BCUT2D eigenvalue weighted by Crippen LogP contribution is -2.28. The Bertz CT molecular complexity index is 1480. The number of allylic oxidation sites excluding steroid dienone is 1. The highest BCUT2D eigenvalue weighted by Gasteiger charge is 2.21. The number of hydrogen-bond donors (Lipinski definition) is 0. The Morgan fingerprint density at radius 1 is 0.944 bits per heavy atom. The van der Waals surface area contributed by atoms with Gasteiger partial charge in [0.1, 0.15) is 23.3 Å². The standard InChI is InChI=1S/C27H20N4O4S/c1-2-35-24(32)15-23-18-36-27(30-25(33)21(16-28)13-19-9-5-3-6-10-19)31(23)26(34)22(17-29)14-20-11-7-4-8-12-20/h3-14,18H,2,15H2,1H3/b21-13-,22-14+,30-27?. The lowest BCUT2D eigenvalue weighted by molar-refractivity contribution is -0.142. The van der Waals surface area contributed by atoms with Gasteiger partial charge in [0.25, 0.3) is 11.8 Å². The first kappa shape index (κ1) is 25.8. The van der Waals surface area contributed by atoms with Crippen LogP contribution >= 0.6 is 11.3 Å². The second-order valence-corrected chi connectivity index (χ2v) is 8.05. The van der Waals surface area contributed by atoms with E-state index in [1.807, 2.05) is 12.1 Å². The van der Waals surface area contributed by atoms with Crippen LogP contribution in [0.4, 0.5) is 0 Å². The van der Waals surface area contributed by atoms with Crippen molar-refractivity contribution in [2.24, 2.45) is 4.99 Å². The van der Waals surface area contributed by atoms with Gasteiger partial charge in [0.15, 0.2) is 4.80 Å². The number of ether oxygens (including phenoxy) is 1. The first-order valence-electron chi connectivity index (χ1n) is 10.8. The van der Waals surface area contributed by atoms with Gasteiger partial charge in [0.05, 0.1) is 13.0 Å². The van der Waals surface area contributed by atoms with E-state index in [9.17, 15) is 24.9 Å². The monoisotopic (exact) mass is 496 g/mol. The second-order valence-electron chi connectivity index (χ2n) is 7.21. The summed E-state index contributed by atoms with van der Waals surface area (Å²) in [5.74, 6) is -2.21. The van der Waals surface area contributed by atoms with E-state index >= 15 is 0 Å². The molecule has 0 radical (unpaired) electrons. The predicted molar refractivity (Wildman–Crippen MR) is 134 cm³/mol. The van der Waals surface area contributed by atoms with Crippen molar-refractivity contribution in [2.45, 2.75) is 13.3 Å². The highest BCUT2D eigenvalue weighted by molar-refractivity contribution is 7.07. The number of thiazole rings is 1. The van der Waals surface area contributed by atoms with Crippen LogP contribution in [0.15, 0.2) is 82.2 Å². The fourth-order valence-corrected chi connectivity index (χ4v) is 3.98. The Kier molecular flexibility index (Phi) is 8.99. The summed E-state index contributed by atoms with van der Waals surface area (Å²) in [5.41, 5.74) is 1.00. The molecule has 0 aliphatic carbocycles. The van der Waals surface area contributed by atoms with Crippen LogP contribution in [0.1, 0.15) is 28.5 Å². The summed E-state index contributed by atoms with van der Waals surface area (Å²) in [6, 6.07) is 21.3. The van der Waals surface area contributed by atoms with Crippen LogP contribution in [-0.4, -0.2) is 29.0 Å². The highest BCUT2D eigenvalue weighted by atomic mass is 32.1. The topological polar surface area (TPSA) is 125 Å². The molecule has 0 spiro atoms. The molecule has 9 heteroatoms. The first-order valence-corrected chi connectivity index (χ1v) is 11.7. The van der Waals surface area contributed by atoms with Gasteiger partial charge in [-0.15, -0.1) is 11.3 Å². The van der Waals surface area contributed by atoms with Crippen molar-refractivity contribution >= 4 is 41.3 Å².